The summed E-state index contributed by atoms with van der Waals surface area (Å²) in [5.41, 5.74) is 1.15. The molecule has 108 valence electrons. The summed E-state index contributed by atoms with van der Waals surface area (Å²) in [7, 11) is 1.35. The highest BCUT2D eigenvalue weighted by Crippen LogP contribution is 2.28. The molecule has 0 bridgehead atoms. The number of ether oxygens (including phenoxy) is 1. The van der Waals surface area contributed by atoms with Gasteiger partial charge in [0.1, 0.15) is 5.76 Å². The van der Waals surface area contributed by atoms with Crippen LogP contribution in [0.15, 0.2) is 28.0 Å². The molecular weight excluding hydrogens is 389 g/mol. The first-order valence-corrected chi connectivity index (χ1v) is 8.27. The molecule has 0 saturated carbocycles. The Balaban J connectivity index is 2.26. The van der Waals surface area contributed by atoms with Crippen LogP contribution in [0.2, 0.25) is 0 Å². The Morgan fingerprint density at radius 3 is 2.95 bits per heavy atom. The maximum atomic E-state index is 11.5. The molecule has 1 unspecified atom stereocenters. The van der Waals surface area contributed by atoms with Gasteiger partial charge < -0.3 is 14.5 Å². The molecule has 0 amide bonds. The minimum Gasteiger partial charge on any atom is -0.463 e. The Hall–Kier alpha value is -0.860. The van der Waals surface area contributed by atoms with Crippen molar-refractivity contribution in [3.8, 4) is 0 Å². The third kappa shape index (κ3) is 3.62. The van der Waals surface area contributed by atoms with Crippen LogP contribution in [-0.4, -0.2) is 19.6 Å². The molecule has 0 aliphatic heterocycles. The number of furan rings is 1. The minimum atomic E-state index is -0.453. The van der Waals surface area contributed by atoms with Crippen LogP contribution in [0.1, 0.15) is 41.3 Å². The maximum Gasteiger partial charge on any atom is 0.373 e. The number of carbonyl (C=O) groups excluding carboxylic acids is 1. The fraction of sp³-hybridized carbons (Fsp3) is 0.357. The zero-order valence-corrected chi connectivity index (χ0v) is 14.3. The average Bonchev–Trinajstić information content (AvgIpc) is 3.08. The number of methoxy groups -OCH3 is 1. The molecule has 0 saturated heterocycles. The predicted octanol–water partition coefficient (Wildman–Crippen LogP) is 3.82. The lowest BCUT2D eigenvalue weighted by Gasteiger charge is -2.15. The topological polar surface area (TPSA) is 51.5 Å². The standard InChI is InChI=1S/C14H16INO3S/c1-3-6-16-13(9-7-12(15)20-8-9)10-4-5-11(19-10)14(17)18-2/h4-5,7-8,13,16H,3,6H2,1-2H3. The van der Waals surface area contributed by atoms with Crippen molar-refractivity contribution in [2.75, 3.05) is 13.7 Å². The third-order valence-electron chi connectivity index (χ3n) is 2.82. The van der Waals surface area contributed by atoms with Gasteiger partial charge in [-0.15, -0.1) is 11.3 Å². The van der Waals surface area contributed by atoms with Crippen LogP contribution < -0.4 is 5.32 Å². The molecule has 20 heavy (non-hydrogen) atoms. The molecule has 0 fully saturated rings. The van der Waals surface area contributed by atoms with E-state index in [2.05, 4.69) is 51.0 Å². The quantitative estimate of drug-likeness (QED) is 0.587. The first kappa shape index (κ1) is 15.5. The summed E-state index contributed by atoms with van der Waals surface area (Å²) in [6, 6.07) is 5.57. The van der Waals surface area contributed by atoms with Gasteiger partial charge in [0.25, 0.3) is 0 Å². The van der Waals surface area contributed by atoms with E-state index in [1.807, 2.05) is 6.07 Å². The Morgan fingerprint density at radius 2 is 2.35 bits per heavy atom. The Labute approximate surface area is 135 Å². The fourth-order valence-corrected chi connectivity index (χ4v) is 3.26. The fourth-order valence-electron chi connectivity index (χ4n) is 1.86. The summed E-state index contributed by atoms with van der Waals surface area (Å²) in [6.07, 6.45) is 1.03. The summed E-state index contributed by atoms with van der Waals surface area (Å²) in [4.78, 5) is 11.5. The molecule has 0 radical (unpaired) electrons. The molecule has 4 nitrogen and oxygen atoms in total. The van der Waals surface area contributed by atoms with E-state index in [0.717, 1.165) is 24.3 Å². The zero-order chi connectivity index (χ0) is 14.5. The van der Waals surface area contributed by atoms with E-state index in [1.54, 1.807) is 17.4 Å². The van der Waals surface area contributed by atoms with Gasteiger partial charge in [0.05, 0.1) is 16.0 Å². The summed E-state index contributed by atoms with van der Waals surface area (Å²) < 4.78 is 11.5. The first-order valence-electron chi connectivity index (χ1n) is 6.31. The second kappa shape index (κ2) is 7.24. The summed E-state index contributed by atoms with van der Waals surface area (Å²) in [5, 5.41) is 5.55. The van der Waals surface area contributed by atoms with Crippen LogP contribution in [0.4, 0.5) is 0 Å². The second-order valence-electron chi connectivity index (χ2n) is 4.26. The van der Waals surface area contributed by atoms with Crippen molar-refractivity contribution in [2.45, 2.75) is 19.4 Å². The number of thiophene rings is 1. The van der Waals surface area contributed by atoms with Crippen LogP contribution in [0.25, 0.3) is 0 Å². The predicted molar refractivity (Wildman–Crippen MR) is 87.2 cm³/mol. The Kier molecular flexibility index (Phi) is 5.62. The number of halogens is 1. The Bertz CT molecular complexity index is 578. The number of carbonyl (C=O) groups is 1. The van der Waals surface area contributed by atoms with Crippen molar-refractivity contribution < 1.29 is 13.9 Å². The second-order valence-corrected chi connectivity index (χ2v) is 7.07. The number of rotatable bonds is 6. The average molecular weight is 405 g/mol. The molecule has 2 rings (SSSR count). The van der Waals surface area contributed by atoms with Gasteiger partial charge >= 0.3 is 5.97 Å². The number of nitrogens with one attached hydrogen (secondary N) is 1. The molecular formula is C14H16INO3S. The van der Waals surface area contributed by atoms with Crippen LogP contribution in [-0.2, 0) is 4.74 Å². The van der Waals surface area contributed by atoms with E-state index in [0.29, 0.717) is 0 Å². The molecule has 0 aromatic carbocycles. The number of hydrogen-bond donors (Lipinski definition) is 1. The van der Waals surface area contributed by atoms with Gasteiger partial charge in [-0.05, 0) is 64.7 Å². The molecule has 1 N–H and O–H groups in total. The maximum absolute atomic E-state index is 11.5. The molecule has 0 aliphatic carbocycles. The number of esters is 1. The molecule has 0 spiro atoms. The molecule has 2 aromatic heterocycles. The molecule has 1 atom stereocenters. The molecule has 6 heteroatoms. The van der Waals surface area contributed by atoms with Gasteiger partial charge in [-0.2, -0.15) is 0 Å². The highest BCUT2D eigenvalue weighted by atomic mass is 127. The van der Waals surface area contributed by atoms with Gasteiger partial charge in [-0.1, -0.05) is 6.92 Å². The van der Waals surface area contributed by atoms with Gasteiger partial charge in [0, 0.05) is 0 Å². The van der Waals surface area contributed by atoms with Crippen molar-refractivity contribution in [1.82, 2.24) is 5.32 Å². The van der Waals surface area contributed by atoms with E-state index < -0.39 is 5.97 Å². The van der Waals surface area contributed by atoms with E-state index in [1.165, 1.54) is 9.99 Å². The van der Waals surface area contributed by atoms with Crippen molar-refractivity contribution >= 4 is 39.9 Å². The molecule has 0 aliphatic rings. The summed E-state index contributed by atoms with van der Waals surface area (Å²) in [6.45, 7) is 2.99. The monoisotopic (exact) mass is 405 g/mol. The third-order valence-corrected chi connectivity index (χ3v) is 4.62. The lowest BCUT2D eigenvalue weighted by Crippen LogP contribution is -2.22. The highest BCUT2D eigenvalue weighted by molar-refractivity contribution is 14.1. The summed E-state index contributed by atoms with van der Waals surface area (Å²) in [5.74, 6) is 0.508. The van der Waals surface area contributed by atoms with Gasteiger partial charge in [-0.25, -0.2) is 4.79 Å². The zero-order valence-electron chi connectivity index (χ0n) is 11.3. The SMILES string of the molecule is CCCNC(c1csc(I)c1)c1ccc(C(=O)OC)o1. The minimum absolute atomic E-state index is 0.0341. The van der Waals surface area contributed by atoms with Crippen LogP contribution in [0.5, 0.6) is 0 Å². The van der Waals surface area contributed by atoms with Crippen LogP contribution >= 0.6 is 33.9 Å². The van der Waals surface area contributed by atoms with E-state index in [4.69, 9.17) is 4.42 Å². The van der Waals surface area contributed by atoms with Gasteiger partial charge in [0.2, 0.25) is 5.76 Å². The van der Waals surface area contributed by atoms with Crippen LogP contribution in [0.3, 0.4) is 0 Å². The lowest BCUT2D eigenvalue weighted by molar-refractivity contribution is 0.0562. The Morgan fingerprint density at radius 1 is 1.55 bits per heavy atom. The van der Waals surface area contributed by atoms with Crippen molar-refractivity contribution in [1.29, 1.82) is 0 Å². The van der Waals surface area contributed by atoms with Crippen LogP contribution in [0, 0.1) is 2.88 Å². The van der Waals surface area contributed by atoms with E-state index in [-0.39, 0.29) is 11.8 Å². The normalized spacial score (nSPS) is 12.3. The van der Waals surface area contributed by atoms with Crippen molar-refractivity contribution in [2.24, 2.45) is 0 Å². The number of hydrogen-bond acceptors (Lipinski definition) is 5. The largest absolute Gasteiger partial charge is 0.463 e. The molecule has 2 aromatic rings. The van der Waals surface area contributed by atoms with E-state index in [9.17, 15) is 4.79 Å². The summed E-state index contributed by atoms with van der Waals surface area (Å²) >= 11 is 3.99. The molecule has 2 heterocycles. The van der Waals surface area contributed by atoms with Gasteiger partial charge in [0.15, 0.2) is 0 Å². The lowest BCUT2D eigenvalue weighted by atomic mass is 10.1. The highest BCUT2D eigenvalue weighted by Gasteiger charge is 2.20. The van der Waals surface area contributed by atoms with Crippen molar-refractivity contribution in [3.05, 3.63) is 43.5 Å². The van der Waals surface area contributed by atoms with Gasteiger partial charge in [-0.3, -0.25) is 0 Å². The smallest absolute Gasteiger partial charge is 0.373 e. The van der Waals surface area contributed by atoms with E-state index >= 15 is 0 Å². The van der Waals surface area contributed by atoms with Crippen molar-refractivity contribution in [3.63, 3.8) is 0 Å². The first-order chi connectivity index (χ1) is 9.65.